The van der Waals surface area contributed by atoms with Gasteiger partial charge in [0, 0.05) is 30.9 Å². The van der Waals surface area contributed by atoms with Crippen molar-refractivity contribution in [3.05, 3.63) is 51.3 Å². The van der Waals surface area contributed by atoms with E-state index in [1.165, 1.54) is 6.07 Å². The summed E-state index contributed by atoms with van der Waals surface area (Å²) in [5.41, 5.74) is 1.53. The summed E-state index contributed by atoms with van der Waals surface area (Å²) >= 11 is 5.75. The van der Waals surface area contributed by atoms with Crippen molar-refractivity contribution in [1.29, 1.82) is 0 Å². The molecule has 0 aliphatic carbocycles. The standard InChI is InChI=1S/C12H13ClN4O2/c1-16-8-9(7-15-16)4-5-14-11-3-2-10(13)6-12(11)17(18)19/h2-3,6-8,14H,4-5H2,1H3. The SMILES string of the molecule is Cn1cc(CCNc2ccc(Cl)cc2[N+](=O)[O-])cn1. The van der Waals surface area contributed by atoms with Gasteiger partial charge in [-0.3, -0.25) is 14.8 Å². The fourth-order valence-electron chi connectivity index (χ4n) is 1.75. The Balaban J connectivity index is 2.01. The minimum Gasteiger partial charge on any atom is -0.379 e. The van der Waals surface area contributed by atoms with Gasteiger partial charge in [0.05, 0.1) is 11.1 Å². The number of aryl methyl sites for hydroxylation is 1. The molecule has 0 saturated carbocycles. The van der Waals surface area contributed by atoms with Gasteiger partial charge in [-0.2, -0.15) is 5.10 Å². The third-order valence-corrected chi connectivity index (χ3v) is 2.88. The minimum atomic E-state index is -0.446. The number of benzene rings is 1. The number of aromatic nitrogens is 2. The van der Waals surface area contributed by atoms with E-state index in [9.17, 15) is 10.1 Å². The van der Waals surface area contributed by atoms with Crippen LogP contribution in [-0.2, 0) is 13.5 Å². The zero-order valence-electron chi connectivity index (χ0n) is 10.3. The maximum atomic E-state index is 10.9. The first kappa shape index (κ1) is 13.4. The highest BCUT2D eigenvalue weighted by Gasteiger charge is 2.13. The number of anilines is 1. The summed E-state index contributed by atoms with van der Waals surface area (Å²) in [6, 6.07) is 4.58. The Hall–Kier alpha value is -2.08. The third-order valence-electron chi connectivity index (χ3n) is 2.64. The van der Waals surface area contributed by atoms with Crippen molar-refractivity contribution in [1.82, 2.24) is 9.78 Å². The van der Waals surface area contributed by atoms with Crippen LogP contribution in [0.5, 0.6) is 0 Å². The van der Waals surface area contributed by atoms with E-state index in [0.717, 1.165) is 12.0 Å². The molecule has 6 nitrogen and oxygen atoms in total. The van der Waals surface area contributed by atoms with Crippen LogP contribution < -0.4 is 5.32 Å². The highest BCUT2D eigenvalue weighted by Crippen LogP contribution is 2.27. The third kappa shape index (κ3) is 3.45. The lowest BCUT2D eigenvalue weighted by Gasteiger charge is -2.06. The molecule has 2 aromatic rings. The van der Waals surface area contributed by atoms with Crippen LogP contribution >= 0.6 is 11.6 Å². The molecule has 0 spiro atoms. The van der Waals surface area contributed by atoms with Crippen molar-refractivity contribution >= 4 is 23.0 Å². The molecule has 0 fully saturated rings. The van der Waals surface area contributed by atoms with E-state index in [1.807, 2.05) is 13.2 Å². The lowest BCUT2D eigenvalue weighted by molar-refractivity contribution is -0.383. The summed E-state index contributed by atoms with van der Waals surface area (Å²) in [5.74, 6) is 0. The molecule has 0 saturated heterocycles. The topological polar surface area (TPSA) is 73.0 Å². The molecule has 1 N–H and O–H groups in total. The molecule has 0 unspecified atom stereocenters. The van der Waals surface area contributed by atoms with Gasteiger partial charge in [0.1, 0.15) is 5.69 Å². The van der Waals surface area contributed by atoms with Crippen molar-refractivity contribution in [3.8, 4) is 0 Å². The number of hydrogen-bond donors (Lipinski definition) is 1. The van der Waals surface area contributed by atoms with Crippen LogP contribution in [0, 0.1) is 10.1 Å². The van der Waals surface area contributed by atoms with Crippen molar-refractivity contribution in [2.75, 3.05) is 11.9 Å². The van der Waals surface area contributed by atoms with E-state index in [2.05, 4.69) is 10.4 Å². The molecule has 0 aliphatic rings. The van der Waals surface area contributed by atoms with Crippen molar-refractivity contribution in [2.24, 2.45) is 7.05 Å². The Morgan fingerprint density at radius 2 is 2.32 bits per heavy atom. The molecule has 1 heterocycles. The first-order valence-corrected chi connectivity index (χ1v) is 6.09. The maximum Gasteiger partial charge on any atom is 0.293 e. The normalized spacial score (nSPS) is 10.4. The summed E-state index contributed by atoms with van der Waals surface area (Å²) in [5, 5.41) is 18.4. The van der Waals surface area contributed by atoms with Crippen molar-refractivity contribution < 1.29 is 4.92 Å². The van der Waals surface area contributed by atoms with Gasteiger partial charge in [-0.15, -0.1) is 0 Å². The fraction of sp³-hybridized carbons (Fsp3) is 0.250. The van der Waals surface area contributed by atoms with Gasteiger partial charge in [-0.25, -0.2) is 0 Å². The Labute approximate surface area is 115 Å². The summed E-state index contributed by atoms with van der Waals surface area (Å²) < 4.78 is 1.72. The Kier molecular flexibility index (Phi) is 4.01. The van der Waals surface area contributed by atoms with Gasteiger partial charge >= 0.3 is 0 Å². The summed E-state index contributed by atoms with van der Waals surface area (Å²) in [7, 11) is 1.85. The molecule has 1 aromatic heterocycles. The molecule has 0 radical (unpaired) electrons. The number of halogens is 1. The largest absolute Gasteiger partial charge is 0.379 e. The van der Waals surface area contributed by atoms with Crippen molar-refractivity contribution in [2.45, 2.75) is 6.42 Å². The van der Waals surface area contributed by atoms with E-state index >= 15 is 0 Å². The zero-order valence-corrected chi connectivity index (χ0v) is 11.1. The quantitative estimate of drug-likeness (QED) is 0.675. The molecule has 0 aliphatic heterocycles. The van der Waals surface area contributed by atoms with Crippen LogP contribution in [0.4, 0.5) is 11.4 Å². The van der Waals surface area contributed by atoms with Crippen molar-refractivity contribution in [3.63, 3.8) is 0 Å². The number of rotatable bonds is 5. The molecule has 7 heteroatoms. The highest BCUT2D eigenvalue weighted by atomic mass is 35.5. The van der Waals surface area contributed by atoms with Gasteiger partial charge in [0.25, 0.3) is 5.69 Å². The van der Waals surface area contributed by atoms with Crippen LogP contribution in [0.2, 0.25) is 5.02 Å². The average Bonchev–Trinajstić information content (AvgIpc) is 2.77. The monoisotopic (exact) mass is 280 g/mol. The zero-order chi connectivity index (χ0) is 13.8. The predicted molar refractivity (Wildman–Crippen MR) is 73.5 cm³/mol. The lowest BCUT2D eigenvalue weighted by Crippen LogP contribution is -2.06. The average molecular weight is 281 g/mol. The van der Waals surface area contributed by atoms with Crippen LogP contribution in [0.25, 0.3) is 0 Å². The first-order chi connectivity index (χ1) is 9.06. The molecular formula is C12H13ClN4O2. The summed E-state index contributed by atoms with van der Waals surface area (Å²) in [6.45, 7) is 0.591. The molecule has 0 bridgehead atoms. The Morgan fingerprint density at radius 3 is 2.95 bits per heavy atom. The second-order valence-corrected chi connectivity index (χ2v) is 4.55. The molecule has 2 rings (SSSR count). The molecule has 19 heavy (non-hydrogen) atoms. The van der Waals surface area contributed by atoms with Gasteiger partial charge in [0.2, 0.25) is 0 Å². The fourth-order valence-corrected chi connectivity index (χ4v) is 1.91. The highest BCUT2D eigenvalue weighted by molar-refractivity contribution is 6.30. The van der Waals surface area contributed by atoms with E-state index in [1.54, 1.807) is 23.0 Å². The van der Waals surface area contributed by atoms with E-state index in [4.69, 9.17) is 11.6 Å². The summed E-state index contributed by atoms with van der Waals surface area (Å²) in [4.78, 5) is 10.5. The minimum absolute atomic E-state index is 0.0151. The Bertz CT molecular complexity index is 597. The first-order valence-electron chi connectivity index (χ1n) is 5.71. The van der Waals surface area contributed by atoms with Crippen LogP contribution in [-0.4, -0.2) is 21.2 Å². The molecule has 100 valence electrons. The van der Waals surface area contributed by atoms with Gasteiger partial charge in [-0.05, 0) is 24.1 Å². The number of hydrogen-bond acceptors (Lipinski definition) is 4. The van der Waals surface area contributed by atoms with E-state index in [-0.39, 0.29) is 5.69 Å². The second kappa shape index (κ2) is 5.71. The summed E-state index contributed by atoms with van der Waals surface area (Å²) in [6.07, 6.45) is 4.43. The van der Waals surface area contributed by atoms with E-state index in [0.29, 0.717) is 17.3 Å². The smallest absolute Gasteiger partial charge is 0.293 e. The predicted octanol–water partition coefficient (Wildman–Crippen LogP) is 2.64. The molecule has 1 aromatic carbocycles. The maximum absolute atomic E-state index is 10.9. The number of nitrogens with zero attached hydrogens (tertiary/aromatic N) is 3. The number of nitrogens with one attached hydrogen (secondary N) is 1. The van der Waals surface area contributed by atoms with Gasteiger partial charge < -0.3 is 5.32 Å². The number of nitro groups is 1. The van der Waals surface area contributed by atoms with Crippen LogP contribution in [0.1, 0.15) is 5.56 Å². The van der Waals surface area contributed by atoms with Crippen LogP contribution in [0.15, 0.2) is 30.6 Å². The second-order valence-electron chi connectivity index (χ2n) is 4.12. The molecular weight excluding hydrogens is 268 g/mol. The van der Waals surface area contributed by atoms with Gasteiger partial charge in [0.15, 0.2) is 0 Å². The molecule has 0 amide bonds. The van der Waals surface area contributed by atoms with E-state index < -0.39 is 4.92 Å². The number of nitro benzene ring substituents is 1. The lowest BCUT2D eigenvalue weighted by atomic mass is 10.2. The van der Waals surface area contributed by atoms with Gasteiger partial charge in [-0.1, -0.05) is 11.6 Å². The Morgan fingerprint density at radius 1 is 1.53 bits per heavy atom. The molecule has 0 atom stereocenters. The van der Waals surface area contributed by atoms with Crippen LogP contribution in [0.3, 0.4) is 0 Å².